The molecular formula is C20H23N3O4S. The molecule has 0 radical (unpaired) electrons. The predicted octanol–water partition coefficient (Wildman–Crippen LogP) is 3.26. The predicted molar refractivity (Wildman–Crippen MR) is 112 cm³/mol. The lowest BCUT2D eigenvalue weighted by atomic mass is 10.2. The van der Waals surface area contributed by atoms with E-state index < -0.39 is 5.97 Å². The zero-order valence-electron chi connectivity index (χ0n) is 15.8. The van der Waals surface area contributed by atoms with E-state index in [0.29, 0.717) is 36.0 Å². The van der Waals surface area contributed by atoms with Crippen molar-refractivity contribution in [2.75, 3.05) is 13.2 Å². The van der Waals surface area contributed by atoms with Crippen LogP contribution >= 0.6 is 12.2 Å². The number of carbonyl (C=O) groups excluding carboxylic acids is 1. The fourth-order valence-corrected chi connectivity index (χ4v) is 2.25. The summed E-state index contributed by atoms with van der Waals surface area (Å²) in [5.41, 5.74) is 8.93. The van der Waals surface area contributed by atoms with Gasteiger partial charge in [-0.1, -0.05) is 6.92 Å². The Bertz CT molecular complexity index is 838. The van der Waals surface area contributed by atoms with Crippen molar-refractivity contribution in [1.82, 2.24) is 5.43 Å². The van der Waals surface area contributed by atoms with E-state index in [1.54, 1.807) is 42.5 Å². The summed E-state index contributed by atoms with van der Waals surface area (Å²) in [6.07, 6.45) is 2.45. The van der Waals surface area contributed by atoms with Gasteiger partial charge in [0.15, 0.2) is 16.6 Å². The van der Waals surface area contributed by atoms with Gasteiger partial charge in [0.1, 0.15) is 5.75 Å². The van der Waals surface area contributed by atoms with Gasteiger partial charge in [0, 0.05) is 0 Å². The number of nitrogens with one attached hydrogen (secondary N) is 1. The minimum Gasteiger partial charge on any atom is -0.494 e. The van der Waals surface area contributed by atoms with Gasteiger partial charge in [-0.2, -0.15) is 5.10 Å². The SMILES string of the molecule is CCCOc1ccc(C(=O)Oc2ccc(C=NNC(N)=S)cc2OCC)cc1. The second-order valence-corrected chi connectivity index (χ2v) is 6.08. The summed E-state index contributed by atoms with van der Waals surface area (Å²) in [6, 6.07) is 11.9. The number of nitrogens with two attached hydrogens (primary N) is 1. The van der Waals surface area contributed by atoms with Crippen LogP contribution in [0, 0.1) is 0 Å². The number of nitrogens with zero attached hydrogens (tertiary/aromatic N) is 1. The fourth-order valence-electron chi connectivity index (χ4n) is 2.19. The van der Waals surface area contributed by atoms with Gasteiger partial charge in [0.05, 0.1) is 25.0 Å². The summed E-state index contributed by atoms with van der Waals surface area (Å²) in [5, 5.41) is 3.96. The smallest absolute Gasteiger partial charge is 0.343 e. The van der Waals surface area contributed by atoms with Crippen molar-refractivity contribution < 1.29 is 19.0 Å². The van der Waals surface area contributed by atoms with E-state index in [1.807, 2.05) is 13.8 Å². The lowest BCUT2D eigenvalue weighted by Gasteiger charge is -2.11. The van der Waals surface area contributed by atoms with Gasteiger partial charge in [-0.3, -0.25) is 5.43 Å². The summed E-state index contributed by atoms with van der Waals surface area (Å²) in [7, 11) is 0. The molecule has 0 heterocycles. The highest BCUT2D eigenvalue weighted by Crippen LogP contribution is 2.29. The third-order valence-corrected chi connectivity index (χ3v) is 3.51. The van der Waals surface area contributed by atoms with Gasteiger partial charge in [-0.15, -0.1) is 0 Å². The minimum atomic E-state index is -0.487. The number of rotatable bonds is 9. The van der Waals surface area contributed by atoms with Crippen LogP contribution in [-0.4, -0.2) is 30.5 Å². The van der Waals surface area contributed by atoms with Crippen molar-refractivity contribution >= 4 is 29.5 Å². The molecule has 2 aromatic rings. The molecule has 0 saturated heterocycles. The first-order chi connectivity index (χ1) is 13.5. The zero-order chi connectivity index (χ0) is 20.4. The van der Waals surface area contributed by atoms with Gasteiger partial charge in [-0.25, -0.2) is 4.79 Å². The van der Waals surface area contributed by atoms with Gasteiger partial charge in [0.25, 0.3) is 0 Å². The van der Waals surface area contributed by atoms with Gasteiger partial charge >= 0.3 is 5.97 Å². The molecule has 7 nitrogen and oxygen atoms in total. The van der Waals surface area contributed by atoms with Crippen molar-refractivity contribution in [3.05, 3.63) is 53.6 Å². The van der Waals surface area contributed by atoms with Gasteiger partial charge in [0.2, 0.25) is 0 Å². The van der Waals surface area contributed by atoms with Gasteiger partial charge in [-0.05, 0) is 73.6 Å². The molecule has 0 saturated carbocycles. The third-order valence-electron chi connectivity index (χ3n) is 3.42. The van der Waals surface area contributed by atoms with Crippen LogP contribution in [0.2, 0.25) is 0 Å². The Morgan fingerprint density at radius 3 is 2.54 bits per heavy atom. The summed E-state index contributed by atoms with van der Waals surface area (Å²) in [6.45, 7) is 4.92. The number of thiocarbonyl (C=S) groups is 1. The minimum absolute atomic E-state index is 0.0675. The number of hydrogen-bond acceptors (Lipinski definition) is 6. The largest absolute Gasteiger partial charge is 0.494 e. The molecular weight excluding hydrogens is 378 g/mol. The van der Waals surface area contributed by atoms with Crippen molar-refractivity contribution in [3.8, 4) is 17.2 Å². The molecule has 0 atom stereocenters. The quantitative estimate of drug-likeness (QED) is 0.219. The molecule has 0 fully saturated rings. The molecule has 0 aliphatic carbocycles. The monoisotopic (exact) mass is 401 g/mol. The van der Waals surface area contributed by atoms with E-state index in [0.717, 1.165) is 12.0 Å². The molecule has 0 spiro atoms. The molecule has 8 heteroatoms. The van der Waals surface area contributed by atoms with E-state index in [1.165, 1.54) is 6.21 Å². The van der Waals surface area contributed by atoms with Crippen LogP contribution in [0.25, 0.3) is 0 Å². The maximum Gasteiger partial charge on any atom is 0.343 e. The first kappa shape index (κ1) is 21.2. The van der Waals surface area contributed by atoms with E-state index in [-0.39, 0.29) is 5.11 Å². The molecule has 2 rings (SSSR count). The number of ether oxygens (including phenoxy) is 3. The Kier molecular flexibility index (Phi) is 8.23. The standard InChI is InChI=1S/C20H23N3O4S/c1-3-11-26-16-8-6-15(7-9-16)19(24)27-17-10-5-14(12-18(17)25-4-2)13-22-23-20(21)28/h5-10,12-13H,3-4,11H2,1-2H3,(H3,21,23,28). The number of esters is 1. The summed E-state index contributed by atoms with van der Waals surface area (Å²) < 4.78 is 16.6. The Hall–Kier alpha value is -3.13. The van der Waals surface area contributed by atoms with Crippen LogP contribution in [0.5, 0.6) is 17.2 Å². The first-order valence-corrected chi connectivity index (χ1v) is 9.24. The molecule has 148 valence electrons. The number of carbonyl (C=O) groups is 1. The highest BCUT2D eigenvalue weighted by molar-refractivity contribution is 7.80. The van der Waals surface area contributed by atoms with Crippen molar-refractivity contribution in [2.24, 2.45) is 10.8 Å². The maximum absolute atomic E-state index is 12.4. The Morgan fingerprint density at radius 1 is 1.14 bits per heavy atom. The van der Waals surface area contributed by atoms with Crippen molar-refractivity contribution in [1.29, 1.82) is 0 Å². The fraction of sp³-hybridized carbons (Fsp3) is 0.250. The van der Waals surface area contributed by atoms with E-state index in [4.69, 9.17) is 19.9 Å². The lowest BCUT2D eigenvalue weighted by molar-refractivity contribution is 0.0728. The number of hydrazone groups is 1. The molecule has 0 aliphatic rings. The molecule has 3 N–H and O–H groups in total. The second kappa shape index (κ2) is 10.9. The van der Waals surface area contributed by atoms with E-state index >= 15 is 0 Å². The average Bonchev–Trinajstić information content (AvgIpc) is 2.68. The molecule has 2 aromatic carbocycles. The van der Waals surface area contributed by atoms with E-state index in [9.17, 15) is 4.79 Å². The summed E-state index contributed by atoms with van der Waals surface area (Å²) in [4.78, 5) is 12.4. The van der Waals surface area contributed by atoms with Crippen molar-refractivity contribution in [3.63, 3.8) is 0 Å². The molecule has 0 aliphatic heterocycles. The van der Waals surface area contributed by atoms with Crippen molar-refractivity contribution in [2.45, 2.75) is 20.3 Å². The third kappa shape index (κ3) is 6.55. The average molecular weight is 401 g/mol. The van der Waals surface area contributed by atoms with Crippen LogP contribution in [-0.2, 0) is 0 Å². The normalized spacial score (nSPS) is 10.5. The van der Waals surface area contributed by atoms with E-state index in [2.05, 4.69) is 22.7 Å². The molecule has 0 unspecified atom stereocenters. The second-order valence-electron chi connectivity index (χ2n) is 5.64. The highest BCUT2D eigenvalue weighted by Gasteiger charge is 2.13. The number of hydrogen-bond donors (Lipinski definition) is 2. The zero-order valence-corrected chi connectivity index (χ0v) is 16.6. The molecule has 0 amide bonds. The van der Waals surface area contributed by atoms with Crippen LogP contribution in [0.15, 0.2) is 47.6 Å². The van der Waals surface area contributed by atoms with Gasteiger partial charge < -0.3 is 19.9 Å². The Morgan fingerprint density at radius 2 is 1.89 bits per heavy atom. The first-order valence-electron chi connectivity index (χ1n) is 8.83. The van der Waals surface area contributed by atoms with Crippen LogP contribution < -0.4 is 25.4 Å². The summed E-state index contributed by atoms with van der Waals surface area (Å²) in [5.74, 6) is 0.970. The molecule has 28 heavy (non-hydrogen) atoms. The number of benzene rings is 2. The van der Waals surface area contributed by atoms with Crippen LogP contribution in [0.1, 0.15) is 36.2 Å². The maximum atomic E-state index is 12.4. The molecule has 0 aromatic heterocycles. The van der Waals surface area contributed by atoms with Crippen LogP contribution in [0.3, 0.4) is 0 Å². The lowest BCUT2D eigenvalue weighted by Crippen LogP contribution is -2.23. The van der Waals surface area contributed by atoms with Crippen LogP contribution in [0.4, 0.5) is 0 Å². The highest BCUT2D eigenvalue weighted by atomic mass is 32.1. The molecule has 0 bridgehead atoms. The Balaban J connectivity index is 2.11. The topological polar surface area (TPSA) is 95.2 Å². The summed E-state index contributed by atoms with van der Waals surface area (Å²) >= 11 is 4.68. The Labute approximate surface area is 169 Å².